The summed E-state index contributed by atoms with van der Waals surface area (Å²) < 4.78 is 5.23. The minimum absolute atomic E-state index is 0.0301. The molecule has 2 aliphatic rings. The van der Waals surface area contributed by atoms with Gasteiger partial charge in [0.1, 0.15) is 5.78 Å². The van der Waals surface area contributed by atoms with Crippen LogP contribution < -0.4 is 0 Å². The summed E-state index contributed by atoms with van der Waals surface area (Å²) in [6, 6.07) is 0.0516. The van der Waals surface area contributed by atoms with Crippen molar-refractivity contribution in [3.63, 3.8) is 0 Å². The monoisotopic (exact) mass is 276 g/mol. The van der Waals surface area contributed by atoms with Crippen LogP contribution in [-0.2, 0) is 4.79 Å². The normalized spacial score (nSPS) is 27.1. The second-order valence-electron chi connectivity index (χ2n) is 5.79. The van der Waals surface area contributed by atoms with Crippen molar-refractivity contribution in [3.05, 3.63) is 17.8 Å². The number of likely N-dealkylation sites (tertiary alicyclic amines) is 1. The fourth-order valence-corrected chi connectivity index (χ4v) is 3.52. The number of rotatable bonds is 2. The average Bonchev–Trinajstić information content (AvgIpc) is 3.06. The molecule has 2 fully saturated rings. The Hall–Kier alpha value is -1.65. The number of piperidine rings is 1. The Labute approximate surface area is 118 Å². The van der Waals surface area contributed by atoms with Crippen molar-refractivity contribution < 1.29 is 14.0 Å². The first-order valence-electron chi connectivity index (χ1n) is 7.42. The van der Waals surface area contributed by atoms with E-state index in [9.17, 15) is 9.59 Å². The van der Waals surface area contributed by atoms with Crippen LogP contribution in [0.1, 0.15) is 54.8 Å². The van der Waals surface area contributed by atoms with Crippen LogP contribution in [-0.4, -0.2) is 34.2 Å². The van der Waals surface area contributed by atoms with Gasteiger partial charge in [-0.3, -0.25) is 9.59 Å². The van der Waals surface area contributed by atoms with Crippen LogP contribution >= 0.6 is 0 Å². The van der Waals surface area contributed by atoms with Crippen molar-refractivity contribution in [1.82, 2.24) is 9.88 Å². The van der Waals surface area contributed by atoms with E-state index >= 15 is 0 Å². The Morgan fingerprint density at radius 2 is 2.20 bits per heavy atom. The Morgan fingerprint density at radius 3 is 2.85 bits per heavy atom. The number of hydrogen-bond donors (Lipinski definition) is 0. The summed E-state index contributed by atoms with van der Waals surface area (Å²) in [5, 5.41) is 0. The molecule has 1 saturated carbocycles. The van der Waals surface area contributed by atoms with Gasteiger partial charge in [-0.05, 0) is 39.0 Å². The second kappa shape index (κ2) is 5.38. The lowest BCUT2D eigenvalue weighted by Crippen LogP contribution is -2.48. The zero-order valence-corrected chi connectivity index (χ0v) is 11.8. The molecule has 108 valence electrons. The molecular weight excluding hydrogens is 256 g/mol. The first kappa shape index (κ1) is 13.3. The molecule has 1 aliphatic carbocycles. The lowest BCUT2D eigenvalue weighted by atomic mass is 9.88. The minimum atomic E-state index is -0.107. The van der Waals surface area contributed by atoms with Crippen LogP contribution in [0.5, 0.6) is 0 Å². The first-order valence-corrected chi connectivity index (χ1v) is 7.42. The molecule has 2 atom stereocenters. The van der Waals surface area contributed by atoms with E-state index in [-0.39, 0.29) is 17.9 Å². The van der Waals surface area contributed by atoms with Gasteiger partial charge < -0.3 is 9.32 Å². The third-order valence-corrected chi connectivity index (χ3v) is 4.57. The number of Topliss-reactive ketones (excluding diaryl/α,β-unsaturated/α-hetero) is 1. The fourth-order valence-electron chi connectivity index (χ4n) is 3.52. The molecule has 0 radical (unpaired) electrons. The maximum Gasteiger partial charge on any atom is 0.291 e. The van der Waals surface area contributed by atoms with Gasteiger partial charge in [-0.2, -0.15) is 0 Å². The third-order valence-electron chi connectivity index (χ3n) is 4.57. The van der Waals surface area contributed by atoms with Crippen LogP contribution in [0.2, 0.25) is 0 Å². The number of hydrogen-bond acceptors (Lipinski definition) is 4. The maximum absolute atomic E-state index is 12.6. The number of amides is 1. The van der Waals surface area contributed by atoms with Crippen molar-refractivity contribution in [2.75, 3.05) is 6.54 Å². The van der Waals surface area contributed by atoms with E-state index in [2.05, 4.69) is 4.98 Å². The molecule has 2 heterocycles. The number of oxazole rings is 1. The van der Waals surface area contributed by atoms with E-state index in [0.29, 0.717) is 30.2 Å². The number of aromatic nitrogens is 1. The molecule has 2 unspecified atom stereocenters. The Morgan fingerprint density at radius 1 is 1.35 bits per heavy atom. The van der Waals surface area contributed by atoms with Gasteiger partial charge in [-0.15, -0.1) is 0 Å². The first-order chi connectivity index (χ1) is 9.68. The van der Waals surface area contributed by atoms with Crippen molar-refractivity contribution >= 4 is 11.7 Å². The molecule has 0 N–H and O–H groups in total. The highest BCUT2D eigenvalue weighted by Crippen LogP contribution is 2.33. The topological polar surface area (TPSA) is 63.4 Å². The highest BCUT2D eigenvalue weighted by atomic mass is 16.3. The van der Waals surface area contributed by atoms with E-state index in [1.54, 1.807) is 6.92 Å². The number of carbonyl (C=O) groups is 2. The third kappa shape index (κ3) is 2.25. The SMILES string of the molecule is Cc1ncoc1C(=O)N1CCCCC1C1CCCC1=O. The van der Waals surface area contributed by atoms with Gasteiger partial charge in [0, 0.05) is 24.9 Å². The summed E-state index contributed by atoms with van der Waals surface area (Å²) in [4.78, 5) is 30.5. The van der Waals surface area contributed by atoms with Crippen molar-refractivity contribution in [2.24, 2.45) is 5.92 Å². The van der Waals surface area contributed by atoms with Gasteiger partial charge in [0.15, 0.2) is 6.39 Å². The van der Waals surface area contributed by atoms with Crippen LogP contribution in [0.15, 0.2) is 10.8 Å². The lowest BCUT2D eigenvalue weighted by molar-refractivity contribution is -0.122. The van der Waals surface area contributed by atoms with E-state index in [0.717, 1.165) is 32.1 Å². The van der Waals surface area contributed by atoms with Gasteiger partial charge in [0.05, 0.1) is 5.69 Å². The van der Waals surface area contributed by atoms with E-state index in [1.165, 1.54) is 6.39 Å². The molecule has 1 aromatic heterocycles. The van der Waals surface area contributed by atoms with E-state index in [4.69, 9.17) is 4.42 Å². The molecule has 1 saturated heterocycles. The van der Waals surface area contributed by atoms with Gasteiger partial charge >= 0.3 is 0 Å². The zero-order chi connectivity index (χ0) is 14.1. The van der Waals surface area contributed by atoms with Gasteiger partial charge in [0.25, 0.3) is 5.91 Å². The van der Waals surface area contributed by atoms with Crippen molar-refractivity contribution in [3.8, 4) is 0 Å². The summed E-state index contributed by atoms with van der Waals surface area (Å²) in [6.45, 7) is 2.49. The van der Waals surface area contributed by atoms with Gasteiger partial charge in [-0.25, -0.2) is 4.98 Å². The zero-order valence-electron chi connectivity index (χ0n) is 11.8. The van der Waals surface area contributed by atoms with Crippen molar-refractivity contribution in [1.29, 1.82) is 0 Å². The molecule has 5 nitrogen and oxygen atoms in total. The second-order valence-corrected chi connectivity index (χ2v) is 5.79. The molecular formula is C15H20N2O3. The standard InChI is InChI=1S/C15H20N2O3/c1-10-14(20-9-16-10)15(19)17-8-3-2-6-12(17)11-5-4-7-13(11)18/h9,11-12H,2-8H2,1H3. The molecule has 20 heavy (non-hydrogen) atoms. The van der Waals surface area contributed by atoms with Crippen LogP contribution in [0, 0.1) is 12.8 Å². The summed E-state index contributed by atoms with van der Waals surface area (Å²) >= 11 is 0. The summed E-state index contributed by atoms with van der Waals surface area (Å²) in [5.41, 5.74) is 0.622. The fraction of sp³-hybridized carbons (Fsp3) is 0.667. The molecule has 1 aliphatic heterocycles. The van der Waals surface area contributed by atoms with Crippen LogP contribution in [0.4, 0.5) is 0 Å². The van der Waals surface area contributed by atoms with Crippen LogP contribution in [0.3, 0.4) is 0 Å². The number of carbonyl (C=O) groups excluding carboxylic acids is 2. The minimum Gasteiger partial charge on any atom is -0.438 e. The highest BCUT2D eigenvalue weighted by molar-refractivity contribution is 5.93. The molecule has 0 aromatic carbocycles. The smallest absolute Gasteiger partial charge is 0.291 e. The molecule has 1 aromatic rings. The lowest BCUT2D eigenvalue weighted by Gasteiger charge is -2.38. The van der Waals surface area contributed by atoms with Gasteiger partial charge in [-0.1, -0.05) is 0 Å². The number of ketones is 1. The predicted octanol–water partition coefficient (Wildman–Crippen LogP) is 2.35. The predicted molar refractivity (Wildman–Crippen MR) is 72.3 cm³/mol. The van der Waals surface area contributed by atoms with Crippen LogP contribution in [0.25, 0.3) is 0 Å². The van der Waals surface area contributed by atoms with E-state index in [1.807, 2.05) is 4.90 Å². The summed E-state index contributed by atoms with van der Waals surface area (Å²) in [5.74, 6) is 0.568. The Bertz CT molecular complexity index is 523. The Balaban J connectivity index is 1.84. The molecule has 5 heteroatoms. The average molecular weight is 276 g/mol. The molecule has 0 bridgehead atoms. The number of aryl methyl sites for hydroxylation is 1. The van der Waals surface area contributed by atoms with Gasteiger partial charge in [0.2, 0.25) is 5.76 Å². The van der Waals surface area contributed by atoms with Crippen molar-refractivity contribution in [2.45, 2.75) is 51.5 Å². The summed E-state index contributed by atoms with van der Waals surface area (Å²) in [7, 11) is 0. The van der Waals surface area contributed by atoms with E-state index < -0.39 is 0 Å². The molecule has 3 rings (SSSR count). The maximum atomic E-state index is 12.6. The molecule has 1 amide bonds. The molecule has 0 spiro atoms. The Kier molecular flexibility index (Phi) is 3.59. The summed E-state index contributed by atoms with van der Waals surface area (Å²) in [6.07, 6.45) is 6.87. The number of nitrogens with zero attached hydrogens (tertiary/aromatic N) is 2. The highest BCUT2D eigenvalue weighted by Gasteiger charge is 2.39. The quantitative estimate of drug-likeness (QED) is 0.831. The largest absolute Gasteiger partial charge is 0.438 e.